The summed E-state index contributed by atoms with van der Waals surface area (Å²) in [5.74, 6) is 0. The Kier molecular flexibility index (Phi) is 1.88. The molecule has 2 aliphatic rings. The Bertz CT molecular complexity index is 235. The lowest BCUT2D eigenvalue weighted by molar-refractivity contribution is -0.158. The fraction of sp³-hybridized carbons (Fsp3) is 1.00. The summed E-state index contributed by atoms with van der Waals surface area (Å²) >= 11 is 5.30. The van der Waals surface area contributed by atoms with Crippen LogP contribution >= 0.6 is 11.8 Å². The first kappa shape index (κ1) is 9.60. The molecule has 5 N–H and O–H groups in total. The molecule has 1 aliphatic heterocycles. The molecule has 0 aromatic heterocycles. The number of fused-ring (bicyclic) bond motifs is 1. The lowest BCUT2D eigenvalue weighted by Crippen LogP contribution is -2.42. The average molecular weight is 212 g/mol. The summed E-state index contributed by atoms with van der Waals surface area (Å²) in [6.07, 6.45) is -3.69. The van der Waals surface area contributed by atoms with Gasteiger partial charge in [0.25, 0.3) is 0 Å². The summed E-state index contributed by atoms with van der Waals surface area (Å²) in [7, 11) is 0. The van der Waals surface area contributed by atoms with Crippen molar-refractivity contribution in [1.82, 2.24) is 4.84 Å². The molecule has 2 fully saturated rings. The molecule has 0 bridgehead atoms. The summed E-state index contributed by atoms with van der Waals surface area (Å²) in [6.45, 7) is -0.495. The summed E-state index contributed by atoms with van der Waals surface area (Å²) < 4.78 is 4.79. The van der Waals surface area contributed by atoms with E-state index in [1.165, 1.54) is 0 Å². The third-order valence-corrected chi connectivity index (χ3v) is 3.24. The number of rotatable bonds is 2. The quantitative estimate of drug-likeness (QED) is 0.318. The highest BCUT2D eigenvalue weighted by Gasteiger charge is 2.88. The van der Waals surface area contributed by atoms with Crippen LogP contribution in [0.1, 0.15) is 0 Å². The van der Waals surface area contributed by atoms with Crippen LogP contribution in [-0.2, 0) is 4.74 Å². The molecule has 1 heterocycles. The van der Waals surface area contributed by atoms with Crippen LogP contribution in [0.4, 0.5) is 0 Å². The van der Waals surface area contributed by atoms with Crippen molar-refractivity contribution in [2.75, 3.05) is 6.61 Å². The van der Waals surface area contributed by atoms with Crippen LogP contribution in [0.15, 0.2) is 0 Å². The van der Waals surface area contributed by atoms with Crippen molar-refractivity contribution in [1.29, 1.82) is 0 Å². The largest absolute Gasteiger partial charge is 0.394 e. The van der Waals surface area contributed by atoms with Gasteiger partial charge in [-0.2, -0.15) is 0 Å². The number of nitrogens with one attached hydrogen (secondary N) is 1. The fourth-order valence-electron chi connectivity index (χ4n) is 1.98. The van der Waals surface area contributed by atoms with Crippen molar-refractivity contribution in [3.05, 3.63) is 0 Å². The molecule has 3 unspecified atom stereocenters. The van der Waals surface area contributed by atoms with Crippen molar-refractivity contribution < 1.29 is 25.2 Å². The second-order valence-electron chi connectivity index (χ2n) is 3.35. The van der Waals surface area contributed by atoms with E-state index in [2.05, 4.69) is 4.84 Å². The maximum absolute atomic E-state index is 9.78. The van der Waals surface area contributed by atoms with Crippen LogP contribution in [0.5, 0.6) is 0 Å². The Morgan fingerprint density at radius 1 is 1.46 bits per heavy atom. The molecule has 0 spiro atoms. The van der Waals surface area contributed by atoms with E-state index in [4.69, 9.17) is 21.6 Å². The predicted molar refractivity (Wildman–Crippen MR) is 40.6 cm³/mol. The summed E-state index contributed by atoms with van der Waals surface area (Å²) in [6, 6.07) is 0. The third-order valence-electron chi connectivity index (χ3n) is 2.92. The lowest BCUT2D eigenvalue weighted by atomic mass is 10.1. The van der Waals surface area contributed by atoms with Gasteiger partial charge in [-0.15, -0.1) is 0 Å². The van der Waals surface area contributed by atoms with E-state index in [-0.39, 0.29) is 0 Å². The zero-order chi connectivity index (χ0) is 9.85. The van der Waals surface area contributed by atoms with Gasteiger partial charge in [-0.1, -0.05) is 0 Å². The van der Waals surface area contributed by atoms with Gasteiger partial charge in [-0.25, -0.2) is 4.84 Å². The van der Waals surface area contributed by atoms with Gasteiger partial charge in [-0.05, 0) is 11.8 Å². The number of hydrogen-bond acceptors (Lipinski definition) is 6. The standard InChI is InChI=1S/C6H10ClNO5/c7-8-5-3(10)6(5,12)2(1-9)13-4(5)11/h2-4,8-12H,1H2/t2?,3?,4-,5?,6+/m1/s1. The van der Waals surface area contributed by atoms with Crippen molar-refractivity contribution in [3.8, 4) is 0 Å². The maximum atomic E-state index is 9.78. The molecule has 1 aliphatic carbocycles. The highest BCUT2D eigenvalue weighted by atomic mass is 35.5. The van der Waals surface area contributed by atoms with Gasteiger partial charge in [0.1, 0.15) is 23.3 Å². The predicted octanol–water partition coefficient (Wildman–Crippen LogP) is -2.72. The van der Waals surface area contributed by atoms with E-state index < -0.39 is 36.2 Å². The van der Waals surface area contributed by atoms with Crippen molar-refractivity contribution in [2.45, 2.75) is 29.6 Å². The van der Waals surface area contributed by atoms with Gasteiger partial charge in [-0.3, -0.25) is 0 Å². The number of aliphatic hydroxyl groups is 4. The van der Waals surface area contributed by atoms with Gasteiger partial charge >= 0.3 is 0 Å². The first-order valence-electron chi connectivity index (χ1n) is 3.78. The summed E-state index contributed by atoms with van der Waals surface area (Å²) in [5.41, 5.74) is -3.18. The third kappa shape index (κ3) is 0.759. The van der Waals surface area contributed by atoms with Crippen LogP contribution in [-0.4, -0.2) is 56.7 Å². The minimum Gasteiger partial charge on any atom is -0.394 e. The smallest absolute Gasteiger partial charge is 0.180 e. The molecule has 1 saturated carbocycles. The molecule has 0 aromatic rings. The molecular formula is C6H10ClNO5. The zero-order valence-electron chi connectivity index (χ0n) is 6.51. The Balaban J connectivity index is 2.31. The van der Waals surface area contributed by atoms with Crippen LogP contribution < -0.4 is 4.84 Å². The van der Waals surface area contributed by atoms with Gasteiger partial charge < -0.3 is 25.2 Å². The molecule has 13 heavy (non-hydrogen) atoms. The Morgan fingerprint density at radius 3 is 2.38 bits per heavy atom. The van der Waals surface area contributed by atoms with Gasteiger partial charge in [0.2, 0.25) is 0 Å². The molecule has 0 radical (unpaired) electrons. The number of hydrogen-bond donors (Lipinski definition) is 5. The normalized spacial score (nSPS) is 59.3. The first-order chi connectivity index (χ1) is 6.05. The Labute approximate surface area is 78.8 Å². The topological polar surface area (TPSA) is 102 Å². The number of ether oxygens (including phenoxy) is 1. The highest BCUT2D eigenvalue weighted by molar-refractivity contribution is 6.14. The molecule has 6 nitrogen and oxygen atoms in total. The molecule has 1 saturated heterocycles. The maximum Gasteiger partial charge on any atom is 0.180 e. The van der Waals surface area contributed by atoms with Crippen LogP contribution in [0.3, 0.4) is 0 Å². The van der Waals surface area contributed by atoms with Crippen molar-refractivity contribution >= 4 is 11.8 Å². The van der Waals surface area contributed by atoms with Crippen LogP contribution in [0.2, 0.25) is 0 Å². The number of halogens is 1. The number of aliphatic hydroxyl groups excluding tert-OH is 3. The van der Waals surface area contributed by atoms with Gasteiger partial charge in [0.05, 0.1) is 6.61 Å². The van der Waals surface area contributed by atoms with E-state index in [0.717, 1.165) is 0 Å². The lowest BCUT2D eigenvalue weighted by Gasteiger charge is -2.17. The minimum absolute atomic E-state index is 0.495. The summed E-state index contributed by atoms with van der Waals surface area (Å²) in [5, 5.41) is 37.3. The van der Waals surface area contributed by atoms with Crippen molar-refractivity contribution in [2.24, 2.45) is 0 Å². The second-order valence-corrected chi connectivity index (χ2v) is 3.54. The second kappa shape index (κ2) is 2.54. The fourth-order valence-corrected chi connectivity index (χ4v) is 2.33. The average Bonchev–Trinajstić information content (AvgIpc) is 2.49. The van der Waals surface area contributed by atoms with Gasteiger partial charge in [0.15, 0.2) is 6.29 Å². The Morgan fingerprint density at radius 2 is 2.08 bits per heavy atom. The van der Waals surface area contributed by atoms with Gasteiger partial charge in [0, 0.05) is 0 Å². The molecular weight excluding hydrogens is 202 g/mol. The van der Waals surface area contributed by atoms with Crippen molar-refractivity contribution in [3.63, 3.8) is 0 Å². The molecule has 2 rings (SSSR count). The SMILES string of the molecule is OCC1O[C@@H](O)C2(NCl)C(O)[C@@]12O. The highest BCUT2D eigenvalue weighted by Crippen LogP contribution is 2.58. The van der Waals surface area contributed by atoms with E-state index >= 15 is 0 Å². The first-order valence-corrected chi connectivity index (χ1v) is 4.16. The van der Waals surface area contributed by atoms with E-state index in [1.807, 2.05) is 0 Å². The molecule has 7 heteroatoms. The van der Waals surface area contributed by atoms with Crippen LogP contribution in [0, 0.1) is 0 Å². The minimum atomic E-state index is -1.71. The van der Waals surface area contributed by atoms with E-state index in [0.29, 0.717) is 0 Å². The van der Waals surface area contributed by atoms with E-state index in [9.17, 15) is 15.3 Å². The zero-order valence-corrected chi connectivity index (χ0v) is 7.27. The molecule has 76 valence electrons. The van der Waals surface area contributed by atoms with E-state index in [1.54, 1.807) is 0 Å². The Hall–Kier alpha value is 0.0500. The molecule has 0 aromatic carbocycles. The molecule has 0 amide bonds. The monoisotopic (exact) mass is 211 g/mol. The summed E-state index contributed by atoms with van der Waals surface area (Å²) in [4.78, 5) is 2.10. The van der Waals surface area contributed by atoms with Crippen LogP contribution in [0.25, 0.3) is 0 Å². The molecule has 5 atom stereocenters.